The molecular formula is C28H24N2S5. The Balaban J connectivity index is 1.04. The molecule has 0 N–H and O–H groups in total. The van der Waals surface area contributed by atoms with Gasteiger partial charge in [-0.2, -0.15) is 0 Å². The van der Waals surface area contributed by atoms with Gasteiger partial charge in [-0.3, -0.25) is 0 Å². The normalized spacial score (nSPS) is 13.7. The highest BCUT2D eigenvalue weighted by Crippen LogP contribution is 2.49. The van der Waals surface area contributed by atoms with Gasteiger partial charge in [0.05, 0.1) is 22.7 Å². The Labute approximate surface area is 227 Å². The number of fused-ring (bicyclic) bond motifs is 4. The van der Waals surface area contributed by atoms with Crippen molar-refractivity contribution >= 4 is 77.7 Å². The van der Waals surface area contributed by atoms with Crippen molar-refractivity contribution in [2.45, 2.75) is 31.1 Å². The highest BCUT2D eigenvalue weighted by molar-refractivity contribution is 9.09. The number of nitrogens with zero attached hydrogens (tertiary/aromatic N) is 2. The zero-order chi connectivity index (χ0) is 23.8. The van der Waals surface area contributed by atoms with E-state index in [1.165, 1.54) is 53.5 Å². The number of benzene rings is 4. The van der Waals surface area contributed by atoms with E-state index in [4.69, 9.17) is 0 Å². The van der Waals surface area contributed by atoms with Crippen LogP contribution < -0.4 is 9.80 Å². The van der Waals surface area contributed by atoms with Gasteiger partial charge in [-0.05, 0) is 69.5 Å². The highest BCUT2D eigenvalue weighted by atomic mass is 33.5. The van der Waals surface area contributed by atoms with Gasteiger partial charge in [0.2, 0.25) is 0 Å². The molecule has 0 saturated heterocycles. The minimum absolute atomic E-state index is 1.01. The fourth-order valence-corrected chi connectivity index (χ4v) is 10.2. The quantitative estimate of drug-likeness (QED) is 0.172. The SMILES string of the molecule is CN1c2ccccc2Sc2ccc(CSSSCc3ccc4c(c3)N(C)c3ccccc3S4)cc21. The van der Waals surface area contributed by atoms with E-state index in [2.05, 4.69) is 109 Å². The maximum absolute atomic E-state index is 2.35. The molecule has 4 aromatic carbocycles. The average molecular weight is 549 g/mol. The van der Waals surface area contributed by atoms with E-state index in [-0.39, 0.29) is 0 Å². The summed E-state index contributed by atoms with van der Waals surface area (Å²) in [5.74, 6) is 2.01. The first-order valence-corrected chi connectivity index (χ1v) is 16.8. The molecule has 2 heterocycles. The molecule has 0 aliphatic carbocycles. The lowest BCUT2D eigenvalue weighted by atomic mass is 10.2. The van der Waals surface area contributed by atoms with Crippen LogP contribution in [0.15, 0.2) is 105 Å². The fourth-order valence-electron chi connectivity index (χ4n) is 4.36. The Kier molecular flexibility index (Phi) is 6.95. The number of para-hydroxylation sites is 2. The molecule has 0 radical (unpaired) electrons. The van der Waals surface area contributed by atoms with Gasteiger partial charge in [0.1, 0.15) is 0 Å². The summed E-state index contributed by atoms with van der Waals surface area (Å²) in [4.78, 5) is 9.96. The first-order chi connectivity index (χ1) is 17.2. The van der Waals surface area contributed by atoms with Gasteiger partial charge in [-0.15, -0.1) is 0 Å². The van der Waals surface area contributed by atoms with Gasteiger partial charge in [0, 0.05) is 45.2 Å². The van der Waals surface area contributed by atoms with Gasteiger partial charge in [-0.25, -0.2) is 0 Å². The molecule has 0 fully saturated rings. The summed E-state index contributed by atoms with van der Waals surface area (Å²) in [5, 5.41) is 0. The van der Waals surface area contributed by atoms with Crippen molar-refractivity contribution in [2.75, 3.05) is 23.9 Å². The molecule has 2 aliphatic rings. The van der Waals surface area contributed by atoms with Crippen LogP contribution in [-0.2, 0) is 11.5 Å². The first-order valence-electron chi connectivity index (χ1n) is 11.4. The molecular weight excluding hydrogens is 525 g/mol. The molecule has 7 heteroatoms. The maximum atomic E-state index is 2.35. The lowest BCUT2D eigenvalue weighted by Gasteiger charge is -2.29. The van der Waals surface area contributed by atoms with Crippen LogP contribution in [0.5, 0.6) is 0 Å². The van der Waals surface area contributed by atoms with Gasteiger partial charge >= 0.3 is 0 Å². The second kappa shape index (κ2) is 10.3. The van der Waals surface area contributed by atoms with Crippen molar-refractivity contribution in [3.63, 3.8) is 0 Å². The molecule has 0 atom stereocenters. The molecule has 176 valence electrons. The summed E-state index contributed by atoms with van der Waals surface area (Å²) in [6.07, 6.45) is 0. The van der Waals surface area contributed by atoms with E-state index in [1.807, 2.05) is 54.9 Å². The van der Waals surface area contributed by atoms with Crippen LogP contribution >= 0.6 is 54.9 Å². The van der Waals surface area contributed by atoms with E-state index in [0.29, 0.717) is 0 Å². The minimum atomic E-state index is 1.01. The molecule has 0 spiro atoms. The van der Waals surface area contributed by atoms with Crippen molar-refractivity contribution < 1.29 is 0 Å². The summed E-state index contributed by atoms with van der Waals surface area (Å²) in [7, 11) is 10.1. The summed E-state index contributed by atoms with van der Waals surface area (Å²) in [6.45, 7) is 0. The number of hydrogen-bond acceptors (Lipinski definition) is 7. The average Bonchev–Trinajstić information content (AvgIpc) is 2.89. The Morgan fingerprint density at radius 1 is 0.543 bits per heavy atom. The Morgan fingerprint density at radius 2 is 0.971 bits per heavy atom. The Bertz CT molecular complexity index is 1280. The monoisotopic (exact) mass is 548 g/mol. The first kappa shape index (κ1) is 23.6. The van der Waals surface area contributed by atoms with Crippen LogP contribution in [-0.4, -0.2) is 14.1 Å². The molecule has 0 bridgehead atoms. The second-order valence-corrected chi connectivity index (χ2v) is 14.9. The van der Waals surface area contributed by atoms with E-state index in [1.54, 1.807) is 0 Å². The van der Waals surface area contributed by atoms with Gasteiger partial charge in [-0.1, -0.05) is 81.5 Å². The van der Waals surface area contributed by atoms with E-state index < -0.39 is 0 Å². The van der Waals surface area contributed by atoms with Crippen molar-refractivity contribution in [1.82, 2.24) is 0 Å². The second-order valence-electron chi connectivity index (χ2n) is 8.45. The van der Waals surface area contributed by atoms with Crippen molar-refractivity contribution in [3.05, 3.63) is 96.1 Å². The van der Waals surface area contributed by atoms with Crippen LogP contribution in [0.25, 0.3) is 0 Å². The topological polar surface area (TPSA) is 6.48 Å². The lowest BCUT2D eigenvalue weighted by molar-refractivity contribution is 1.10. The number of anilines is 4. The molecule has 0 unspecified atom stereocenters. The van der Waals surface area contributed by atoms with Crippen LogP contribution in [0.3, 0.4) is 0 Å². The molecule has 2 nitrogen and oxygen atoms in total. The lowest BCUT2D eigenvalue weighted by Crippen LogP contribution is -2.14. The van der Waals surface area contributed by atoms with Crippen molar-refractivity contribution in [3.8, 4) is 0 Å². The van der Waals surface area contributed by atoms with Crippen molar-refractivity contribution in [1.29, 1.82) is 0 Å². The molecule has 6 rings (SSSR count). The van der Waals surface area contributed by atoms with E-state index in [0.717, 1.165) is 11.5 Å². The molecule has 0 saturated carbocycles. The zero-order valence-electron chi connectivity index (χ0n) is 19.4. The van der Waals surface area contributed by atoms with E-state index in [9.17, 15) is 0 Å². The number of hydrogen-bond donors (Lipinski definition) is 0. The van der Waals surface area contributed by atoms with Gasteiger partial charge in [0.25, 0.3) is 0 Å². The van der Waals surface area contributed by atoms with Crippen molar-refractivity contribution in [2.24, 2.45) is 0 Å². The predicted octanol–water partition coefficient (Wildman–Crippen LogP) is 9.88. The maximum Gasteiger partial charge on any atom is 0.0553 e. The molecule has 0 amide bonds. The van der Waals surface area contributed by atoms with E-state index >= 15 is 0 Å². The molecule has 2 aliphatic heterocycles. The Morgan fingerprint density at radius 3 is 1.46 bits per heavy atom. The van der Waals surface area contributed by atoms with Crippen LogP contribution in [0.2, 0.25) is 0 Å². The van der Waals surface area contributed by atoms with Crippen LogP contribution in [0, 0.1) is 0 Å². The zero-order valence-corrected chi connectivity index (χ0v) is 23.5. The smallest absolute Gasteiger partial charge is 0.0553 e. The van der Waals surface area contributed by atoms with Crippen LogP contribution in [0.4, 0.5) is 22.7 Å². The standard InChI is InChI=1S/C28H24N2S5/c1-29-21-7-3-5-9-25(21)33-27-13-11-19(15-23(27)29)17-31-35-32-18-20-12-14-28-24(16-20)30(2)22-8-4-6-10-26(22)34-28/h3-16H,17-18H2,1-2H3. The molecule has 35 heavy (non-hydrogen) atoms. The third-order valence-corrected chi connectivity index (χ3v) is 12.6. The summed E-state index contributed by atoms with van der Waals surface area (Å²) >= 11 is 3.74. The Hall–Kier alpha value is -1.77. The molecule has 0 aromatic heterocycles. The summed E-state index contributed by atoms with van der Waals surface area (Å²) in [5.41, 5.74) is 7.94. The summed E-state index contributed by atoms with van der Waals surface area (Å²) < 4.78 is 0. The molecule has 4 aromatic rings. The third-order valence-electron chi connectivity index (χ3n) is 6.21. The highest BCUT2D eigenvalue weighted by Gasteiger charge is 2.21. The minimum Gasteiger partial charge on any atom is -0.343 e. The van der Waals surface area contributed by atoms with Gasteiger partial charge < -0.3 is 9.80 Å². The number of rotatable bonds is 6. The fraction of sp³-hybridized carbons (Fsp3) is 0.143. The predicted molar refractivity (Wildman–Crippen MR) is 160 cm³/mol. The van der Waals surface area contributed by atoms with Gasteiger partial charge in [0.15, 0.2) is 0 Å². The third kappa shape index (κ3) is 4.81. The van der Waals surface area contributed by atoms with Crippen LogP contribution in [0.1, 0.15) is 11.1 Å². The summed E-state index contributed by atoms with van der Waals surface area (Å²) in [6, 6.07) is 31.1. The largest absolute Gasteiger partial charge is 0.343 e.